The third-order valence-electron chi connectivity index (χ3n) is 7.56. The summed E-state index contributed by atoms with van der Waals surface area (Å²) in [5.41, 5.74) is -1.79. The largest absolute Gasteiger partial charge is 0.463 e. The lowest BCUT2D eigenvalue weighted by atomic mass is 9.87. The lowest BCUT2D eigenvalue weighted by Crippen LogP contribution is -2.36. The molecule has 2 unspecified atom stereocenters. The molecule has 2 nitrogen and oxygen atoms in total. The van der Waals surface area contributed by atoms with E-state index in [4.69, 9.17) is 4.74 Å². The van der Waals surface area contributed by atoms with Crippen LogP contribution in [0.5, 0.6) is 0 Å². The Hall–Kier alpha value is -0.600. The smallest absolute Gasteiger partial charge is 0.343 e. The third kappa shape index (κ3) is 17.8. The molecule has 0 spiro atoms. The van der Waals surface area contributed by atoms with Gasteiger partial charge in [-0.15, -0.1) is 0 Å². The summed E-state index contributed by atoms with van der Waals surface area (Å²) in [7, 11) is 0. The topological polar surface area (TPSA) is 26.3 Å². The second kappa shape index (κ2) is 22.8. The fraction of sp³-hybridized carbons (Fsp3) is 0.968. The van der Waals surface area contributed by atoms with Gasteiger partial charge in [-0.1, -0.05) is 137 Å². The molecular formula is C31H61FO2. The number of rotatable bonds is 25. The van der Waals surface area contributed by atoms with E-state index in [9.17, 15) is 4.79 Å². The van der Waals surface area contributed by atoms with Gasteiger partial charge < -0.3 is 4.74 Å². The van der Waals surface area contributed by atoms with Gasteiger partial charge in [-0.3, -0.25) is 0 Å². The quantitative estimate of drug-likeness (QED) is 0.0951. The Bertz CT molecular complexity index is 451. The van der Waals surface area contributed by atoms with E-state index in [2.05, 4.69) is 34.6 Å². The molecule has 0 saturated heterocycles. The van der Waals surface area contributed by atoms with E-state index >= 15 is 4.39 Å². The summed E-state index contributed by atoms with van der Waals surface area (Å²) in [4.78, 5) is 12.8. The van der Waals surface area contributed by atoms with E-state index in [0.717, 1.165) is 51.4 Å². The molecule has 0 rings (SSSR count). The van der Waals surface area contributed by atoms with Crippen LogP contribution in [-0.2, 0) is 9.53 Å². The first kappa shape index (κ1) is 33.4. The van der Waals surface area contributed by atoms with Crippen LogP contribution in [0.2, 0.25) is 0 Å². The van der Waals surface area contributed by atoms with Crippen LogP contribution in [-0.4, -0.2) is 18.2 Å². The van der Waals surface area contributed by atoms with Gasteiger partial charge >= 0.3 is 5.97 Å². The maximum atomic E-state index is 15.8. The van der Waals surface area contributed by atoms with Crippen LogP contribution in [0.4, 0.5) is 4.39 Å². The molecule has 0 aromatic heterocycles. The van der Waals surface area contributed by atoms with Crippen molar-refractivity contribution < 1.29 is 13.9 Å². The minimum Gasteiger partial charge on any atom is -0.463 e. The molecule has 0 aromatic rings. The molecule has 0 aliphatic rings. The maximum absolute atomic E-state index is 15.8. The van der Waals surface area contributed by atoms with Crippen molar-refractivity contribution in [2.24, 2.45) is 11.8 Å². The van der Waals surface area contributed by atoms with Crippen molar-refractivity contribution in [3.8, 4) is 0 Å². The van der Waals surface area contributed by atoms with Gasteiger partial charge in [0.15, 0.2) is 0 Å². The first-order chi connectivity index (χ1) is 16.4. The van der Waals surface area contributed by atoms with Gasteiger partial charge in [0.1, 0.15) is 0 Å². The van der Waals surface area contributed by atoms with Gasteiger partial charge in [0.05, 0.1) is 6.61 Å². The number of halogens is 1. The van der Waals surface area contributed by atoms with Crippen LogP contribution in [0, 0.1) is 11.8 Å². The molecule has 0 aromatic carbocycles. The molecule has 2 atom stereocenters. The number of esters is 1. The van der Waals surface area contributed by atoms with E-state index in [1.54, 1.807) is 0 Å². The molecule has 0 heterocycles. The summed E-state index contributed by atoms with van der Waals surface area (Å²) < 4.78 is 21.4. The molecule has 0 amide bonds. The second-order valence-corrected chi connectivity index (χ2v) is 11.1. The summed E-state index contributed by atoms with van der Waals surface area (Å²) in [5, 5.41) is 0. The molecule has 204 valence electrons. The molecule has 0 radical (unpaired) electrons. The van der Waals surface area contributed by atoms with Crippen LogP contribution in [0.25, 0.3) is 0 Å². The van der Waals surface area contributed by atoms with Crippen molar-refractivity contribution >= 4 is 5.97 Å². The highest BCUT2D eigenvalue weighted by molar-refractivity contribution is 5.79. The number of ether oxygens (including phenoxy) is 1. The van der Waals surface area contributed by atoms with E-state index in [-0.39, 0.29) is 0 Å². The highest BCUT2D eigenvalue weighted by Crippen LogP contribution is 2.30. The molecule has 3 heteroatoms. The van der Waals surface area contributed by atoms with Crippen molar-refractivity contribution in [1.29, 1.82) is 0 Å². The Labute approximate surface area is 213 Å². The van der Waals surface area contributed by atoms with Gasteiger partial charge in [-0.05, 0) is 43.9 Å². The minimum atomic E-state index is -1.79. The van der Waals surface area contributed by atoms with Crippen molar-refractivity contribution in [3.05, 3.63) is 0 Å². The lowest BCUT2D eigenvalue weighted by molar-refractivity contribution is -0.159. The average molecular weight is 485 g/mol. The Morgan fingerprint density at radius 3 is 1.53 bits per heavy atom. The van der Waals surface area contributed by atoms with E-state index in [0.29, 0.717) is 31.3 Å². The van der Waals surface area contributed by atoms with Crippen molar-refractivity contribution in [2.45, 2.75) is 175 Å². The molecule has 0 N–H and O–H groups in total. The summed E-state index contributed by atoms with van der Waals surface area (Å²) in [6, 6.07) is 0. The molecule has 0 aliphatic heterocycles. The highest BCUT2D eigenvalue weighted by atomic mass is 19.1. The van der Waals surface area contributed by atoms with Crippen molar-refractivity contribution in [2.75, 3.05) is 6.61 Å². The number of alkyl halides is 1. The first-order valence-electron chi connectivity index (χ1n) is 15.3. The first-order valence-corrected chi connectivity index (χ1v) is 15.3. The number of carbonyl (C=O) groups is 1. The molecule has 0 saturated carbocycles. The van der Waals surface area contributed by atoms with Gasteiger partial charge in [0, 0.05) is 0 Å². The average Bonchev–Trinajstić information content (AvgIpc) is 2.82. The van der Waals surface area contributed by atoms with E-state index < -0.39 is 11.6 Å². The number of unbranched alkanes of at least 4 members (excludes halogenated alkanes) is 14. The third-order valence-corrected chi connectivity index (χ3v) is 7.56. The Morgan fingerprint density at radius 1 is 0.647 bits per heavy atom. The van der Waals surface area contributed by atoms with Gasteiger partial charge in [0.2, 0.25) is 5.67 Å². The number of carbonyl (C=O) groups excluding carboxylic acids is 1. The highest BCUT2D eigenvalue weighted by Gasteiger charge is 2.39. The molecule has 0 aliphatic carbocycles. The van der Waals surface area contributed by atoms with Gasteiger partial charge in [-0.25, -0.2) is 9.18 Å². The monoisotopic (exact) mass is 484 g/mol. The Kier molecular flexibility index (Phi) is 22.4. The predicted molar refractivity (Wildman–Crippen MR) is 147 cm³/mol. The minimum absolute atomic E-state index is 0.326. The molecule has 0 fully saturated rings. The Morgan fingerprint density at radius 2 is 1.06 bits per heavy atom. The summed E-state index contributed by atoms with van der Waals surface area (Å²) in [6.45, 7) is 11.5. The van der Waals surface area contributed by atoms with Crippen LogP contribution < -0.4 is 0 Å². The SMILES string of the molecule is CCCCCCCCCC(CCOC(=O)C(F)(CCCCCC)CCCCCCCC)C(C)C. The van der Waals surface area contributed by atoms with Crippen LogP contribution >= 0.6 is 0 Å². The second-order valence-electron chi connectivity index (χ2n) is 11.1. The normalized spacial score (nSPS) is 14.3. The summed E-state index contributed by atoms with van der Waals surface area (Å²) >= 11 is 0. The molecular weight excluding hydrogens is 423 g/mol. The Balaban J connectivity index is 4.48. The van der Waals surface area contributed by atoms with Crippen LogP contribution in [0.3, 0.4) is 0 Å². The molecule has 0 bridgehead atoms. The van der Waals surface area contributed by atoms with Crippen LogP contribution in [0.1, 0.15) is 169 Å². The summed E-state index contributed by atoms with van der Waals surface area (Å²) in [6.07, 6.45) is 22.6. The number of hydrogen-bond donors (Lipinski definition) is 0. The van der Waals surface area contributed by atoms with Gasteiger partial charge in [-0.2, -0.15) is 0 Å². The zero-order chi connectivity index (χ0) is 25.5. The predicted octanol–water partition coefficient (Wildman–Crippen LogP) is 10.8. The number of hydrogen-bond acceptors (Lipinski definition) is 2. The lowest BCUT2D eigenvalue weighted by Gasteiger charge is -2.25. The van der Waals surface area contributed by atoms with Crippen LogP contribution in [0.15, 0.2) is 0 Å². The maximum Gasteiger partial charge on any atom is 0.343 e. The van der Waals surface area contributed by atoms with Gasteiger partial charge in [0.25, 0.3) is 0 Å². The van der Waals surface area contributed by atoms with E-state index in [1.807, 2.05) is 0 Å². The fourth-order valence-corrected chi connectivity index (χ4v) is 4.95. The standard InChI is InChI=1S/C31H61FO2/c1-6-9-12-15-17-18-20-23-29(28(4)5)24-27-34-30(33)31(32,25-21-14-11-8-3)26-22-19-16-13-10-7-2/h28-29H,6-27H2,1-5H3. The zero-order valence-electron chi connectivity index (χ0n) is 23.9. The molecule has 34 heavy (non-hydrogen) atoms. The zero-order valence-corrected chi connectivity index (χ0v) is 23.9. The summed E-state index contributed by atoms with van der Waals surface area (Å²) in [5.74, 6) is 0.544. The van der Waals surface area contributed by atoms with Crippen molar-refractivity contribution in [1.82, 2.24) is 0 Å². The van der Waals surface area contributed by atoms with E-state index in [1.165, 1.54) is 70.6 Å². The fourth-order valence-electron chi connectivity index (χ4n) is 4.95. The van der Waals surface area contributed by atoms with Crippen molar-refractivity contribution in [3.63, 3.8) is 0 Å².